The first-order valence-electron chi connectivity index (χ1n) is 9.06. The minimum absolute atomic E-state index is 0.172. The average molecular weight is 404 g/mol. The fourth-order valence-corrected chi connectivity index (χ4v) is 2.98. The third kappa shape index (κ3) is 7.03. The molecule has 0 unspecified atom stereocenters. The van der Waals surface area contributed by atoms with Crippen LogP contribution >= 0.6 is 11.3 Å². The van der Waals surface area contributed by atoms with E-state index >= 15 is 0 Å². The van der Waals surface area contributed by atoms with Crippen molar-refractivity contribution >= 4 is 34.4 Å². The number of thiazole rings is 1. The molecule has 2 N–H and O–H groups in total. The molecule has 2 rings (SSSR count). The fourth-order valence-electron chi connectivity index (χ4n) is 2.26. The van der Waals surface area contributed by atoms with Crippen LogP contribution < -0.4 is 14.8 Å². The smallest absolute Gasteiger partial charge is 0.309 e. The Morgan fingerprint density at radius 1 is 1.25 bits per heavy atom. The van der Waals surface area contributed by atoms with Gasteiger partial charge in [-0.25, -0.2) is 4.98 Å². The molecule has 2 aromatic rings. The molecule has 0 fully saturated rings. The van der Waals surface area contributed by atoms with Crippen LogP contribution in [0.1, 0.15) is 37.9 Å². The van der Waals surface area contributed by atoms with Crippen molar-refractivity contribution < 1.29 is 24.2 Å². The first-order chi connectivity index (χ1) is 13.5. The lowest BCUT2D eigenvalue weighted by Gasteiger charge is -2.12. The van der Waals surface area contributed by atoms with Crippen molar-refractivity contribution in [2.75, 3.05) is 18.5 Å². The molecule has 1 amide bonds. The van der Waals surface area contributed by atoms with Crippen LogP contribution in [0.2, 0.25) is 0 Å². The third-order valence-corrected chi connectivity index (χ3v) is 4.37. The maximum atomic E-state index is 12.1. The van der Waals surface area contributed by atoms with Gasteiger partial charge in [0.2, 0.25) is 5.91 Å². The number of aliphatic carboxylic acids is 1. The molecule has 0 aliphatic carbocycles. The second-order valence-electron chi connectivity index (χ2n) is 5.88. The van der Waals surface area contributed by atoms with Crippen molar-refractivity contribution in [3.63, 3.8) is 0 Å². The molecule has 0 aliphatic rings. The minimum atomic E-state index is -0.963. The summed E-state index contributed by atoms with van der Waals surface area (Å²) < 4.78 is 11.4. The van der Waals surface area contributed by atoms with Gasteiger partial charge >= 0.3 is 5.97 Å². The zero-order chi connectivity index (χ0) is 20.4. The predicted molar refractivity (Wildman–Crippen MR) is 109 cm³/mol. The molecule has 150 valence electrons. The predicted octanol–water partition coefficient (Wildman–Crippen LogP) is 4.00. The van der Waals surface area contributed by atoms with Gasteiger partial charge in [-0.15, -0.1) is 11.3 Å². The highest BCUT2D eigenvalue weighted by atomic mass is 32.1. The second-order valence-corrected chi connectivity index (χ2v) is 6.74. The lowest BCUT2D eigenvalue weighted by molar-refractivity contribution is -0.136. The molecule has 0 saturated heterocycles. The van der Waals surface area contributed by atoms with E-state index in [-0.39, 0.29) is 12.3 Å². The van der Waals surface area contributed by atoms with Gasteiger partial charge in [0.1, 0.15) is 0 Å². The Hall–Kier alpha value is -2.87. The van der Waals surface area contributed by atoms with E-state index < -0.39 is 5.97 Å². The summed E-state index contributed by atoms with van der Waals surface area (Å²) in [6, 6.07) is 5.50. The molecule has 0 saturated carbocycles. The summed E-state index contributed by atoms with van der Waals surface area (Å²) in [5.74, 6) is 0.0118. The first kappa shape index (κ1) is 21.4. The molecule has 7 nitrogen and oxygen atoms in total. The number of anilines is 1. The third-order valence-electron chi connectivity index (χ3n) is 3.56. The highest BCUT2D eigenvalue weighted by molar-refractivity contribution is 7.14. The number of benzene rings is 1. The summed E-state index contributed by atoms with van der Waals surface area (Å²) in [6.07, 6.45) is 4.91. The summed E-state index contributed by atoms with van der Waals surface area (Å²) >= 11 is 1.19. The van der Waals surface area contributed by atoms with Crippen molar-refractivity contribution in [3.8, 4) is 11.5 Å². The summed E-state index contributed by atoms with van der Waals surface area (Å²) in [6.45, 7) is 5.15. The number of nitrogens with zero attached hydrogens (tertiary/aromatic N) is 1. The monoisotopic (exact) mass is 404 g/mol. The zero-order valence-electron chi connectivity index (χ0n) is 15.9. The van der Waals surface area contributed by atoms with Crippen molar-refractivity contribution in [1.82, 2.24) is 4.98 Å². The number of carboxylic acids is 1. The fraction of sp³-hybridized carbons (Fsp3) is 0.350. The Morgan fingerprint density at radius 2 is 2.07 bits per heavy atom. The normalized spacial score (nSPS) is 10.8. The number of carbonyl (C=O) groups excluding carboxylic acids is 1. The van der Waals surface area contributed by atoms with E-state index in [1.807, 2.05) is 25.1 Å². The Bertz CT molecular complexity index is 832. The van der Waals surface area contributed by atoms with Gasteiger partial charge in [0.15, 0.2) is 16.6 Å². The van der Waals surface area contributed by atoms with Crippen molar-refractivity contribution in [2.45, 2.75) is 33.1 Å². The van der Waals surface area contributed by atoms with E-state index in [4.69, 9.17) is 14.6 Å². The highest BCUT2D eigenvalue weighted by Crippen LogP contribution is 2.29. The number of carboxylic acid groups (broad SMARTS) is 1. The Labute approximate surface area is 168 Å². The van der Waals surface area contributed by atoms with Gasteiger partial charge in [-0.2, -0.15) is 0 Å². The number of nitrogens with one attached hydrogen (secondary N) is 1. The molecular formula is C20H24N2O5S. The lowest BCUT2D eigenvalue weighted by Crippen LogP contribution is -2.08. The Balaban J connectivity index is 1.99. The van der Waals surface area contributed by atoms with Crippen LogP contribution in [-0.2, 0) is 16.0 Å². The second kappa shape index (κ2) is 11.1. The van der Waals surface area contributed by atoms with E-state index in [0.29, 0.717) is 35.5 Å². The summed E-state index contributed by atoms with van der Waals surface area (Å²) in [4.78, 5) is 26.8. The number of hydrogen-bond acceptors (Lipinski definition) is 6. The molecular weight excluding hydrogens is 380 g/mol. The standard InChI is InChI=1S/C20H24N2O5S/c1-3-5-10-27-16-8-6-14(11-17(16)26-4-2)7-9-18(23)22-20-21-15(13-28-20)12-19(24)25/h6-9,11,13H,3-5,10,12H2,1-2H3,(H,24,25)(H,21,22,23)/b9-7+. The van der Waals surface area contributed by atoms with E-state index in [2.05, 4.69) is 17.2 Å². The van der Waals surface area contributed by atoms with Gasteiger partial charge in [0.25, 0.3) is 0 Å². The maximum Gasteiger partial charge on any atom is 0.309 e. The quantitative estimate of drug-likeness (QED) is 0.434. The summed E-state index contributed by atoms with van der Waals surface area (Å²) in [7, 11) is 0. The van der Waals surface area contributed by atoms with Crippen molar-refractivity contribution in [1.29, 1.82) is 0 Å². The largest absolute Gasteiger partial charge is 0.490 e. The van der Waals surface area contributed by atoms with Crippen LogP contribution in [0, 0.1) is 0 Å². The molecule has 28 heavy (non-hydrogen) atoms. The molecule has 1 aromatic heterocycles. The molecule has 8 heteroatoms. The van der Waals surface area contributed by atoms with Crippen LogP contribution in [0.25, 0.3) is 6.08 Å². The van der Waals surface area contributed by atoms with Gasteiger partial charge < -0.3 is 14.6 Å². The van der Waals surface area contributed by atoms with Crippen LogP contribution in [-0.4, -0.2) is 35.2 Å². The summed E-state index contributed by atoms with van der Waals surface area (Å²) in [5.41, 5.74) is 1.21. The first-order valence-corrected chi connectivity index (χ1v) is 9.94. The number of rotatable bonds is 11. The van der Waals surface area contributed by atoms with Crippen LogP contribution in [0.15, 0.2) is 29.7 Å². The number of hydrogen-bond donors (Lipinski definition) is 2. The molecule has 1 aromatic carbocycles. The molecule has 1 heterocycles. The number of amides is 1. The van der Waals surface area contributed by atoms with Gasteiger partial charge in [0, 0.05) is 11.5 Å². The van der Waals surface area contributed by atoms with Gasteiger partial charge in [-0.05, 0) is 37.1 Å². The van der Waals surface area contributed by atoms with E-state index in [1.165, 1.54) is 17.4 Å². The van der Waals surface area contributed by atoms with Gasteiger partial charge in [-0.3, -0.25) is 14.9 Å². The highest BCUT2D eigenvalue weighted by Gasteiger charge is 2.08. The number of unbranched alkanes of at least 4 members (excludes halogenated alkanes) is 1. The Kier molecular flexibility index (Phi) is 8.48. The van der Waals surface area contributed by atoms with Gasteiger partial charge in [0.05, 0.1) is 25.3 Å². The SMILES string of the molecule is CCCCOc1ccc(/C=C/C(=O)Nc2nc(CC(=O)O)cs2)cc1OCC. The van der Waals surface area contributed by atoms with E-state index in [1.54, 1.807) is 11.5 Å². The molecule has 0 aliphatic heterocycles. The lowest BCUT2D eigenvalue weighted by atomic mass is 10.2. The molecule has 0 spiro atoms. The minimum Gasteiger partial charge on any atom is -0.490 e. The maximum absolute atomic E-state index is 12.1. The molecule has 0 bridgehead atoms. The van der Waals surface area contributed by atoms with Crippen LogP contribution in [0.4, 0.5) is 5.13 Å². The number of carbonyl (C=O) groups is 2. The summed E-state index contributed by atoms with van der Waals surface area (Å²) in [5, 5.41) is 13.4. The van der Waals surface area contributed by atoms with Crippen LogP contribution in [0.5, 0.6) is 11.5 Å². The zero-order valence-corrected chi connectivity index (χ0v) is 16.8. The van der Waals surface area contributed by atoms with E-state index in [9.17, 15) is 9.59 Å². The Morgan fingerprint density at radius 3 is 2.79 bits per heavy atom. The van der Waals surface area contributed by atoms with Gasteiger partial charge in [-0.1, -0.05) is 19.4 Å². The number of aromatic nitrogens is 1. The van der Waals surface area contributed by atoms with Crippen molar-refractivity contribution in [3.05, 3.63) is 40.9 Å². The molecule has 0 atom stereocenters. The number of ether oxygens (including phenoxy) is 2. The topological polar surface area (TPSA) is 97.8 Å². The van der Waals surface area contributed by atoms with E-state index in [0.717, 1.165) is 18.4 Å². The molecule has 0 radical (unpaired) electrons. The van der Waals surface area contributed by atoms with Crippen LogP contribution in [0.3, 0.4) is 0 Å². The van der Waals surface area contributed by atoms with Crippen molar-refractivity contribution in [2.24, 2.45) is 0 Å². The average Bonchev–Trinajstić information content (AvgIpc) is 3.08.